The molecule has 3 nitrogen and oxygen atoms in total. The number of benzene rings is 1. The van der Waals surface area contributed by atoms with E-state index < -0.39 is 0 Å². The number of hydrogen-bond acceptors (Lipinski definition) is 2. The molecule has 3 heterocycles. The van der Waals surface area contributed by atoms with Crippen molar-refractivity contribution in [1.82, 2.24) is 9.47 Å². The molecule has 1 spiro atoms. The minimum atomic E-state index is -0.0750. The van der Waals surface area contributed by atoms with Gasteiger partial charge in [-0.3, -0.25) is 0 Å². The molecule has 110 valence electrons. The van der Waals surface area contributed by atoms with E-state index in [-0.39, 0.29) is 5.60 Å². The van der Waals surface area contributed by atoms with Gasteiger partial charge in [0.05, 0.1) is 0 Å². The van der Waals surface area contributed by atoms with Crippen molar-refractivity contribution < 1.29 is 4.74 Å². The second kappa shape index (κ2) is 4.92. The number of rotatable bonds is 2. The summed E-state index contributed by atoms with van der Waals surface area (Å²) in [7, 11) is 0. The van der Waals surface area contributed by atoms with Crippen molar-refractivity contribution in [2.75, 3.05) is 19.6 Å². The third-order valence-electron chi connectivity index (χ3n) is 5.10. The highest BCUT2D eigenvalue weighted by molar-refractivity contribution is 5.43. The number of nitrogens with zero attached hydrogens (tertiary/aromatic N) is 2. The minimum absolute atomic E-state index is 0.0750. The predicted molar refractivity (Wildman–Crippen MR) is 83.7 cm³/mol. The highest BCUT2D eigenvalue weighted by Gasteiger charge is 2.50. The first-order valence-electron chi connectivity index (χ1n) is 7.95. The number of fused-ring (bicyclic) bond motifs is 1. The number of ether oxygens (including phenoxy) is 1. The van der Waals surface area contributed by atoms with Crippen molar-refractivity contribution >= 4 is 0 Å². The maximum absolute atomic E-state index is 6.52. The van der Waals surface area contributed by atoms with Gasteiger partial charge >= 0.3 is 0 Å². The lowest BCUT2D eigenvalue weighted by molar-refractivity contribution is -0.00564. The summed E-state index contributed by atoms with van der Waals surface area (Å²) < 4.78 is 8.84. The molecule has 21 heavy (non-hydrogen) atoms. The van der Waals surface area contributed by atoms with Crippen molar-refractivity contribution in [2.45, 2.75) is 31.4 Å². The van der Waals surface area contributed by atoms with E-state index in [1.165, 1.54) is 5.56 Å². The van der Waals surface area contributed by atoms with Crippen LogP contribution in [0.25, 0.3) is 0 Å². The smallest absolute Gasteiger partial charge is 0.136 e. The van der Waals surface area contributed by atoms with Crippen LogP contribution in [-0.4, -0.2) is 34.7 Å². The molecule has 2 aliphatic heterocycles. The number of hydrogen-bond donors (Lipinski definition) is 0. The van der Waals surface area contributed by atoms with E-state index in [2.05, 4.69) is 65.2 Å². The molecule has 1 fully saturated rings. The van der Waals surface area contributed by atoms with E-state index in [1.807, 2.05) is 0 Å². The summed E-state index contributed by atoms with van der Waals surface area (Å²) in [6.45, 7) is 5.63. The maximum Gasteiger partial charge on any atom is 0.136 e. The standard InChI is InChI=1S/C18H22N2O/c1-2-19-13-9-18(10-14-19)17(20-11-5-6-12-20)15-7-3-4-8-16(15)21-18/h3-8,11-12,17H,2,9-10,13-14H2,1H3/t17-/m1/s1. The molecular weight excluding hydrogens is 260 g/mol. The molecule has 2 aromatic rings. The fourth-order valence-electron chi connectivity index (χ4n) is 3.93. The van der Waals surface area contributed by atoms with Crippen LogP contribution in [0, 0.1) is 0 Å². The van der Waals surface area contributed by atoms with Gasteiger partial charge in [0, 0.05) is 43.9 Å². The average Bonchev–Trinajstić information content (AvgIpc) is 3.13. The van der Waals surface area contributed by atoms with Crippen LogP contribution in [0.1, 0.15) is 31.4 Å². The summed E-state index contributed by atoms with van der Waals surface area (Å²) in [5.41, 5.74) is 1.26. The largest absolute Gasteiger partial charge is 0.484 e. The SMILES string of the molecule is CCN1CCC2(CC1)Oc1ccccc1[C@H]2n1cccc1. The van der Waals surface area contributed by atoms with Crippen LogP contribution < -0.4 is 4.74 Å². The summed E-state index contributed by atoms with van der Waals surface area (Å²) in [6.07, 6.45) is 6.53. The van der Waals surface area contributed by atoms with Crippen LogP contribution in [0.4, 0.5) is 0 Å². The Labute approximate surface area is 126 Å². The minimum Gasteiger partial charge on any atom is -0.484 e. The number of likely N-dealkylation sites (tertiary alicyclic amines) is 1. The second-order valence-electron chi connectivity index (χ2n) is 6.17. The molecular formula is C18H22N2O. The third-order valence-corrected chi connectivity index (χ3v) is 5.10. The Hall–Kier alpha value is -1.74. The van der Waals surface area contributed by atoms with E-state index in [1.54, 1.807) is 0 Å². The summed E-state index contributed by atoms with van der Waals surface area (Å²) in [6, 6.07) is 13.1. The van der Waals surface area contributed by atoms with Gasteiger partial charge in [0.15, 0.2) is 0 Å². The Bertz CT molecular complexity index is 612. The van der Waals surface area contributed by atoms with Gasteiger partial charge < -0.3 is 14.2 Å². The lowest BCUT2D eigenvalue weighted by Crippen LogP contribution is -2.50. The molecule has 3 heteroatoms. The monoisotopic (exact) mass is 282 g/mol. The van der Waals surface area contributed by atoms with E-state index in [0.29, 0.717) is 6.04 Å². The molecule has 0 aliphatic carbocycles. The first-order chi connectivity index (χ1) is 10.3. The molecule has 0 radical (unpaired) electrons. The van der Waals surface area contributed by atoms with Crippen LogP contribution in [0.15, 0.2) is 48.8 Å². The summed E-state index contributed by atoms with van der Waals surface area (Å²) in [4.78, 5) is 2.52. The Morgan fingerprint density at radius 3 is 2.52 bits per heavy atom. The van der Waals surface area contributed by atoms with Gasteiger partial charge in [-0.25, -0.2) is 0 Å². The molecule has 1 atom stereocenters. The van der Waals surface area contributed by atoms with E-state index in [9.17, 15) is 0 Å². The third kappa shape index (κ3) is 1.99. The molecule has 1 aromatic heterocycles. The Morgan fingerprint density at radius 1 is 1.10 bits per heavy atom. The van der Waals surface area contributed by atoms with Crippen LogP contribution in [-0.2, 0) is 0 Å². The van der Waals surface area contributed by atoms with Crippen LogP contribution in [0.2, 0.25) is 0 Å². The van der Waals surface area contributed by atoms with Crippen LogP contribution in [0.5, 0.6) is 5.75 Å². The van der Waals surface area contributed by atoms with Gasteiger partial charge in [0.1, 0.15) is 17.4 Å². The van der Waals surface area contributed by atoms with Gasteiger partial charge in [-0.1, -0.05) is 25.1 Å². The highest BCUT2D eigenvalue weighted by atomic mass is 16.5. The molecule has 0 saturated carbocycles. The Kier molecular flexibility index (Phi) is 3.03. The first-order valence-corrected chi connectivity index (χ1v) is 7.95. The molecule has 0 amide bonds. The van der Waals surface area contributed by atoms with Gasteiger partial charge in [-0.15, -0.1) is 0 Å². The lowest BCUT2D eigenvalue weighted by Gasteiger charge is -2.42. The van der Waals surface area contributed by atoms with Gasteiger partial charge in [0.2, 0.25) is 0 Å². The zero-order chi connectivity index (χ0) is 14.3. The Balaban J connectivity index is 1.75. The second-order valence-corrected chi connectivity index (χ2v) is 6.17. The van der Waals surface area contributed by atoms with Gasteiger partial charge in [-0.2, -0.15) is 0 Å². The number of para-hydroxylation sites is 1. The lowest BCUT2D eigenvalue weighted by atomic mass is 9.82. The fourth-order valence-corrected chi connectivity index (χ4v) is 3.93. The van der Waals surface area contributed by atoms with Crippen molar-refractivity contribution in [3.63, 3.8) is 0 Å². The van der Waals surface area contributed by atoms with E-state index >= 15 is 0 Å². The zero-order valence-corrected chi connectivity index (χ0v) is 12.5. The Morgan fingerprint density at radius 2 is 1.81 bits per heavy atom. The molecule has 0 unspecified atom stereocenters. The van der Waals surface area contributed by atoms with Crippen LogP contribution in [0.3, 0.4) is 0 Å². The summed E-state index contributed by atoms with van der Waals surface area (Å²) in [5, 5.41) is 0. The predicted octanol–water partition coefficient (Wildman–Crippen LogP) is 3.32. The summed E-state index contributed by atoms with van der Waals surface area (Å²) in [5.74, 6) is 1.07. The first kappa shape index (κ1) is 13.0. The van der Waals surface area contributed by atoms with Crippen molar-refractivity contribution in [1.29, 1.82) is 0 Å². The molecule has 1 saturated heterocycles. The van der Waals surface area contributed by atoms with E-state index in [4.69, 9.17) is 4.74 Å². The zero-order valence-electron chi connectivity index (χ0n) is 12.5. The average molecular weight is 282 g/mol. The molecule has 1 aromatic carbocycles. The van der Waals surface area contributed by atoms with Gasteiger partial charge in [0.25, 0.3) is 0 Å². The van der Waals surface area contributed by atoms with Crippen molar-refractivity contribution in [3.05, 3.63) is 54.4 Å². The molecule has 0 N–H and O–H groups in total. The van der Waals surface area contributed by atoms with Crippen molar-refractivity contribution in [3.8, 4) is 5.75 Å². The maximum atomic E-state index is 6.52. The fraction of sp³-hybridized carbons (Fsp3) is 0.444. The number of piperidine rings is 1. The normalized spacial score (nSPS) is 24.0. The quantitative estimate of drug-likeness (QED) is 0.840. The number of aromatic nitrogens is 1. The van der Waals surface area contributed by atoms with Gasteiger partial charge in [-0.05, 0) is 24.7 Å². The van der Waals surface area contributed by atoms with E-state index in [0.717, 1.165) is 38.2 Å². The molecule has 4 rings (SSSR count). The topological polar surface area (TPSA) is 17.4 Å². The van der Waals surface area contributed by atoms with Crippen LogP contribution >= 0.6 is 0 Å². The summed E-state index contributed by atoms with van der Waals surface area (Å²) >= 11 is 0. The highest BCUT2D eigenvalue weighted by Crippen LogP contribution is 2.50. The van der Waals surface area contributed by atoms with Crippen molar-refractivity contribution in [2.24, 2.45) is 0 Å². The molecule has 2 aliphatic rings. The molecule has 0 bridgehead atoms.